The van der Waals surface area contributed by atoms with E-state index in [1.54, 1.807) is 24.3 Å². The topological polar surface area (TPSA) is 78.0 Å². The molecule has 0 radical (unpaired) electrons. The zero-order valence-corrected chi connectivity index (χ0v) is 15.3. The molecule has 0 atom stereocenters. The summed E-state index contributed by atoms with van der Waals surface area (Å²) in [6.45, 7) is 3.39. The highest BCUT2D eigenvalue weighted by Crippen LogP contribution is 2.33. The fourth-order valence-corrected chi connectivity index (χ4v) is 3.50. The van der Waals surface area contributed by atoms with Gasteiger partial charge in [0.1, 0.15) is 0 Å². The number of rotatable bonds is 3. The van der Waals surface area contributed by atoms with Crippen molar-refractivity contribution in [2.24, 2.45) is 5.14 Å². The fourth-order valence-electron chi connectivity index (χ4n) is 2.73. The number of aryl methyl sites for hydroxylation is 2. The van der Waals surface area contributed by atoms with E-state index in [9.17, 15) is 21.6 Å². The van der Waals surface area contributed by atoms with E-state index in [0.717, 1.165) is 16.3 Å². The van der Waals surface area contributed by atoms with Crippen LogP contribution in [-0.2, 0) is 16.2 Å². The average molecular weight is 395 g/mol. The number of nitrogens with zero attached hydrogens (tertiary/aromatic N) is 2. The molecule has 27 heavy (non-hydrogen) atoms. The van der Waals surface area contributed by atoms with Gasteiger partial charge in [-0.2, -0.15) is 18.3 Å². The molecule has 0 aliphatic carbocycles. The minimum absolute atomic E-state index is 0.0914. The van der Waals surface area contributed by atoms with Gasteiger partial charge in [-0.05, 0) is 43.7 Å². The summed E-state index contributed by atoms with van der Waals surface area (Å²) < 4.78 is 63.9. The summed E-state index contributed by atoms with van der Waals surface area (Å²) in [4.78, 5) is -0.0914. The SMILES string of the molecule is Cc1ccc(-c2cc(C(F)(F)F)nn2-c2ccc(S(N)(=O)=O)c(C)c2)cc1. The third-order valence-electron chi connectivity index (χ3n) is 4.06. The van der Waals surface area contributed by atoms with E-state index in [1.165, 1.54) is 25.1 Å². The summed E-state index contributed by atoms with van der Waals surface area (Å²) in [6, 6.07) is 12.0. The molecule has 0 unspecified atom stereocenters. The quantitative estimate of drug-likeness (QED) is 0.732. The van der Waals surface area contributed by atoms with E-state index in [-0.39, 0.29) is 10.6 Å². The van der Waals surface area contributed by atoms with Crippen LogP contribution >= 0.6 is 0 Å². The maximum absolute atomic E-state index is 13.2. The van der Waals surface area contributed by atoms with Crippen molar-refractivity contribution in [2.75, 3.05) is 0 Å². The van der Waals surface area contributed by atoms with E-state index in [2.05, 4.69) is 5.10 Å². The third-order valence-corrected chi connectivity index (χ3v) is 5.13. The normalized spacial score (nSPS) is 12.4. The molecule has 2 N–H and O–H groups in total. The summed E-state index contributed by atoms with van der Waals surface area (Å²) in [5, 5.41) is 8.84. The molecular formula is C18H16F3N3O2S. The number of primary sulfonamides is 1. The third kappa shape index (κ3) is 3.88. The highest BCUT2D eigenvalue weighted by molar-refractivity contribution is 7.89. The van der Waals surface area contributed by atoms with E-state index >= 15 is 0 Å². The first-order valence-corrected chi connectivity index (χ1v) is 9.39. The molecule has 3 aromatic rings. The number of nitrogens with two attached hydrogens (primary N) is 1. The van der Waals surface area contributed by atoms with Crippen molar-refractivity contribution in [3.8, 4) is 16.9 Å². The lowest BCUT2D eigenvalue weighted by molar-refractivity contribution is -0.141. The summed E-state index contributed by atoms with van der Waals surface area (Å²) in [5.74, 6) is 0. The van der Waals surface area contributed by atoms with Crippen LogP contribution in [0.2, 0.25) is 0 Å². The number of hydrogen-bond donors (Lipinski definition) is 1. The van der Waals surface area contributed by atoms with Crippen molar-refractivity contribution in [3.63, 3.8) is 0 Å². The summed E-state index contributed by atoms with van der Waals surface area (Å²) in [5.41, 5.74) is 1.34. The van der Waals surface area contributed by atoms with Crippen molar-refractivity contribution in [1.29, 1.82) is 0 Å². The second kappa shape index (κ2) is 6.50. The van der Waals surface area contributed by atoms with Gasteiger partial charge >= 0.3 is 6.18 Å². The monoisotopic (exact) mass is 395 g/mol. The van der Waals surface area contributed by atoms with Crippen LogP contribution in [0, 0.1) is 13.8 Å². The van der Waals surface area contributed by atoms with E-state index in [1.807, 2.05) is 6.92 Å². The minimum Gasteiger partial charge on any atom is -0.232 e. The smallest absolute Gasteiger partial charge is 0.232 e. The van der Waals surface area contributed by atoms with Crippen LogP contribution < -0.4 is 5.14 Å². The van der Waals surface area contributed by atoms with Crippen LogP contribution in [0.5, 0.6) is 0 Å². The zero-order valence-electron chi connectivity index (χ0n) is 14.4. The van der Waals surface area contributed by atoms with Crippen molar-refractivity contribution in [1.82, 2.24) is 9.78 Å². The Morgan fingerprint density at radius 1 is 1.00 bits per heavy atom. The van der Waals surface area contributed by atoms with Crippen molar-refractivity contribution in [3.05, 3.63) is 65.4 Å². The van der Waals surface area contributed by atoms with Crippen molar-refractivity contribution in [2.45, 2.75) is 24.9 Å². The first kappa shape index (κ1) is 19.1. The van der Waals surface area contributed by atoms with Gasteiger partial charge in [0.25, 0.3) is 0 Å². The van der Waals surface area contributed by atoms with Gasteiger partial charge in [0.15, 0.2) is 5.69 Å². The molecule has 1 aromatic heterocycles. The van der Waals surface area contributed by atoms with Crippen LogP contribution in [0.1, 0.15) is 16.8 Å². The van der Waals surface area contributed by atoms with Gasteiger partial charge in [0, 0.05) is 5.56 Å². The first-order chi connectivity index (χ1) is 12.5. The maximum atomic E-state index is 13.2. The molecule has 0 spiro atoms. The van der Waals surface area contributed by atoms with Crippen molar-refractivity contribution >= 4 is 10.0 Å². The lowest BCUT2D eigenvalue weighted by atomic mass is 10.1. The Bertz CT molecular complexity index is 1100. The van der Waals surface area contributed by atoms with E-state index in [4.69, 9.17) is 5.14 Å². The van der Waals surface area contributed by atoms with Gasteiger partial charge in [-0.1, -0.05) is 29.8 Å². The number of aromatic nitrogens is 2. The van der Waals surface area contributed by atoms with E-state index < -0.39 is 21.9 Å². The molecule has 0 aliphatic heterocycles. The number of benzene rings is 2. The van der Waals surface area contributed by atoms with Gasteiger partial charge in [-0.25, -0.2) is 18.2 Å². The Morgan fingerprint density at radius 3 is 2.15 bits per heavy atom. The lowest BCUT2D eigenvalue weighted by Crippen LogP contribution is -2.14. The maximum Gasteiger partial charge on any atom is 0.435 e. The molecule has 2 aromatic carbocycles. The largest absolute Gasteiger partial charge is 0.435 e. The molecule has 0 saturated carbocycles. The van der Waals surface area contributed by atoms with Gasteiger partial charge in [0.2, 0.25) is 10.0 Å². The molecule has 1 heterocycles. The standard InChI is InChI=1S/C18H16F3N3O2S/c1-11-3-5-13(6-4-11)15-10-17(18(19,20)21)23-24(15)14-7-8-16(12(2)9-14)27(22,25)26/h3-10H,1-2H3,(H2,22,25,26). The highest BCUT2D eigenvalue weighted by atomic mass is 32.2. The molecule has 3 rings (SSSR count). The van der Waals surface area contributed by atoms with Gasteiger partial charge in [-0.15, -0.1) is 0 Å². The molecule has 142 valence electrons. The van der Waals surface area contributed by atoms with Gasteiger partial charge < -0.3 is 0 Å². The molecule has 9 heteroatoms. The molecule has 0 bridgehead atoms. The zero-order chi connectivity index (χ0) is 20.0. The van der Waals surface area contributed by atoms with Crippen LogP contribution in [0.15, 0.2) is 53.4 Å². The summed E-state index contributed by atoms with van der Waals surface area (Å²) in [6.07, 6.45) is -4.61. The molecule has 0 aliphatic rings. The number of alkyl halides is 3. The molecule has 0 fully saturated rings. The Morgan fingerprint density at radius 2 is 1.63 bits per heavy atom. The second-order valence-corrected chi connectivity index (χ2v) is 7.72. The average Bonchev–Trinajstić information content (AvgIpc) is 2.99. The van der Waals surface area contributed by atoms with Crippen molar-refractivity contribution < 1.29 is 21.6 Å². The molecular weight excluding hydrogens is 379 g/mol. The second-order valence-electron chi connectivity index (χ2n) is 6.19. The number of sulfonamides is 1. The fraction of sp³-hybridized carbons (Fsp3) is 0.167. The van der Waals surface area contributed by atoms with Crippen LogP contribution in [0.25, 0.3) is 16.9 Å². The van der Waals surface area contributed by atoms with Gasteiger partial charge in [-0.3, -0.25) is 0 Å². The molecule has 5 nitrogen and oxygen atoms in total. The minimum atomic E-state index is -4.61. The summed E-state index contributed by atoms with van der Waals surface area (Å²) >= 11 is 0. The Kier molecular flexibility index (Phi) is 4.61. The van der Waals surface area contributed by atoms with Crippen LogP contribution in [0.4, 0.5) is 13.2 Å². The Balaban J connectivity index is 2.21. The van der Waals surface area contributed by atoms with Gasteiger partial charge in [0.05, 0.1) is 16.3 Å². The number of hydrogen-bond acceptors (Lipinski definition) is 3. The predicted octanol–water partition coefficient (Wildman–Crippen LogP) is 3.82. The predicted molar refractivity (Wildman–Crippen MR) is 94.8 cm³/mol. The van der Waals surface area contributed by atoms with E-state index in [0.29, 0.717) is 16.8 Å². The Hall–Kier alpha value is -2.65. The van der Waals surface area contributed by atoms with Crippen LogP contribution in [0.3, 0.4) is 0 Å². The lowest BCUT2D eigenvalue weighted by Gasteiger charge is -2.11. The molecule has 0 amide bonds. The Labute approximate surface area is 154 Å². The summed E-state index contributed by atoms with van der Waals surface area (Å²) in [7, 11) is -3.93. The first-order valence-electron chi connectivity index (χ1n) is 7.85. The van der Waals surface area contributed by atoms with Crippen LogP contribution in [-0.4, -0.2) is 18.2 Å². The number of halogens is 3. The molecule has 0 saturated heterocycles. The highest BCUT2D eigenvalue weighted by Gasteiger charge is 2.35.